The van der Waals surface area contributed by atoms with Gasteiger partial charge in [-0.25, -0.2) is 8.42 Å². The maximum atomic E-state index is 10.7. The fraction of sp³-hybridized carbons (Fsp3) is 0.250. The van der Waals surface area contributed by atoms with Crippen molar-refractivity contribution in [2.45, 2.75) is 18.7 Å². The van der Waals surface area contributed by atoms with Crippen LogP contribution in [0.3, 0.4) is 0 Å². The molecule has 13 heavy (non-hydrogen) atoms. The monoisotopic (exact) mass is 192 g/mol. The Kier molecular flexibility index (Phi) is 4.20. The Morgan fingerprint density at radius 3 is 2.15 bits per heavy atom. The molecule has 0 N–H and O–H groups in total. The van der Waals surface area contributed by atoms with Gasteiger partial charge >= 0.3 is 18.9 Å². The standard InChI is InChI=1S/C8H10O3S.Li/c1-6-4-3-5-8(7(6)2)12(9,10)11;/h3-5H,1-2H3,(H,9,10,11);/q;+1/p-1. The van der Waals surface area contributed by atoms with Crippen LogP contribution in [0.4, 0.5) is 0 Å². The molecular formula is C8H9LiO3S. The first-order valence-corrected chi connectivity index (χ1v) is 4.86. The molecule has 0 saturated carbocycles. The van der Waals surface area contributed by atoms with Crippen molar-refractivity contribution >= 4 is 10.1 Å². The van der Waals surface area contributed by atoms with Crippen molar-refractivity contribution in [2.75, 3.05) is 0 Å². The zero-order valence-corrected chi connectivity index (χ0v) is 8.68. The van der Waals surface area contributed by atoms with E-state index in [1.165, 1.54) is 6.07 Å². The molecule has 0 radical (unpaired) electrons. The summed E-state index contributed by atoms with van der Waals surface area (Å²) in [5.41, 5.74) is 1.35. The number of rotatable bonds is 1. The van der Waals surface area contributed by atoms with Gasteiger partial charge in [0.25, 0.3) is 0 Å². The van der Waals surface area contributed by atoms with Crippen molar-refractivity contribution in [2.24, 2.45) is 0 Å². The molecule has 66 valence electrons. The van der Waals surface area contributed by atoms with Crippen LogP contribution in [-0.2, 0) is 10.1 Å². The molecule has 0 bridgehead atoms. The number of benzene rings is 1. The van der Waals surface area contributed by atoms with E-state index >= 15 is 0 Å². The Balaban J connectivity index is 0.00000144. The molecule has 3 nitrogen and oxygen atoms in total. The van der Waals surface area contributed by atoms with Crippen molar-refractivity contribution in [3.05, 3.63) is 29.3 Å². The summed E-state index contributed by atoms with van der Waals surface area (Å²) in [6, 6.07) is 4.65. The van der Waals surface area contributed by atoms with E-state index in [9.17, 15) is 13.0 Å². The number of hydrogen-bond donors (Lipinski definition) is 0. The van der Waals surface area contributed by atoms with Crippen LogP contribution >= 0.6 is 0 Å². The van der Waals surface area contributed by atoms with E-state index < -0.39 is 10.1 Å². The predicted molar refractivity (Wildman–Crippen MR) is 43.9 cm³/mol. The van der Waals surface area contributed by atoms with Gasteiger partial charge < -0.3 is 4.55 Å². The van der Waals surface area contributed by atoms with Gasteiger partial charge in [0.1, 0.15) is 10.1 Å². The Morgan fingerprint density at radius 1 is 1.23 bits per heavy atom. The molecule has 1 aromatic rings. The van der Waals surface area contributed by atoms with Crippen molar-refractivity contribution in [1.82, 2.24) is 0 Å². The minimum atomic E-state index is -4.31. The Morgan fingerprint density at radius 2 is 1.77 bits per heavy atom. The molecule has 0 aromatic heterocycles. The smallest absolute Gasteiger partial charge is 0.744 e. The van der Waals surface area contributed by atoms with Crippen LogP contribution in [0.5, 0.6) is 0 Å². The Hall–Kier alpha value is -0.273. The molecule has 0 unspecified atom stereocenters. The van der Waals surface area contributed by atoms with E-state index in [1.807, 2.05) is 0 Å². The maximum absolute atomic E-state index is 10.7. The van der Waals surface area contributed by atoms with Crippen molar-refractivity contribution < 1.29 is 31.8 Å². The maximum Gasteiger partial charge on any atom is 1.00 e. The Labute approximate surface area is 90.1 Å². The van der Waals surface area contributed by atoms with E-state index in [0.717, 1.165) is 5.56 Å². The summed E-state index contributed by atoms with van der Waals surface area (Å²) >= 11 is 0. The van der Waals surface area contributed by atoms with Gasteiger partial charge in [-0.15, -0.1) is 0 Å². The third kappa shape index (κ3) is 2.85. The molecule has 5 heteroatoms. The third-order valence-electron chi connectivity index (χ3n) is 1.82. The van der Waals surface area contributed by atoms with Gasteiger partial charge in [-0.3, -0.25) is 0 Å². The van der Waals surface area contributed by atoms with Crippen LogP contribution in [0.25, 0.3) is 0 Å². The quantitative estimate of drug-likeness (QED) is 0.390. The van der Waals surface area contributed by atoms with Gasteiger partial charge in [-0.1, -0.05) is 12.1 Å². The zero-order chi connectivity index (χ0) is 9.35. The topological polar surface area (TPSA) is 57.2 Å². The summed E-state index contributed by atoms with van der Waals surface area (Å²) in [6.07, 6.45) is 0. The molecule has 1 aromatic carbocycles. The summed E-state index contributed by atoms with van der Waals surface area (Å²) in [6.45, 7) is 3.39. The van der Waals surface area contributed by atoms with Crippen molar-refractivity contribution in [3.63, 3.8) is 0 Å². The minimum Gasteiger partial charge on any atom is -0.744 e. The van der Waals surface area contributed by atoms with Crippen LogP contribution in [0.15, 0.2) is 23.1 Å². The first-order valence-electron chi connectivity index (χ1n) is 3.45. The SMILES string of the molecule is Cc1cccc(S(=O)(=O)[O-])c1C.[Li+]. The summed E-state index contributed by atoms with van der Waals surface area (Å²) in [7, 11) is -4.31. The van der Waals surface area contributed by atoms with Gasteiger partial charge in [0.15, 0.2) is 0 Å². The molecule has 0 amide bonds. The second-order valence-corrected chi connectivity index (χ2v) is 4.00. The van der Waals surface area contributed by atoms with Gasteiger partial charge in [-0.2, -0.15) is 0 Å². The first kappa shape index (κ1) is 12.7. The van der Waals surface area contributed by atoms with E-state index in [1.54, 1.807) is 26.0 Å². The second kappa shape index (κ2) is 4.29. The third-order valence-corrected chi connectivity index (χ3v) is 2.81. The first-order chi connectivity index (χ1) is 5.43. The normalized spacial score (nSPS) is 10.7. The molecule has 0 heterocycles. The van der Waals surface area contributed by atoms with Crippen LogP contribution in [-0.4, -0.2) is 13.0 Å². The van der Waals surface area contributed by atoms with Gasteiger partial charge in [0.2, 0.25) is 0 Å². The number of aryl methyl sites for hydroxylation is 1. The predicted octanol–water partition coefficient (Wildman–Crippen LogP) is -1.79. The molecule has 1 rings (SSSR count). The summed E-state index contributed by atoms with van der Waals surface area (Å²) in [5, 5.41) is 0. The molecular weight excluding hydrogens is 183 g/mol. The summed E-state index contributed by atoms with van der Waals surface area (Å²) in [4.78, 5) is -0.123. The summed E-state index contributed by atoms with van der Waals surface area (Å²) in [5.74, 6) is 0. The molecule has 0 aliphatic carbocycles. The zero-order valence-electron chi connectivity index (χ0n) is 7.87. The van der Waals surface area contributed by atoms with Crippen molar-refractivity contribution in [3.8, 4) is 0 Å². The molecule has 0 aliphatic rings. The fourth-order valence-corrected chi connectivity index (χ4v) is 1.78. The van der Waals surface area contributed by atoms with Crippen LogP contribution in [0.2, 0.25) is 0 Å². The molecule has 0 fully saturated rings. The van der Waals surface area contributed by atoms with Crippen LogP contribution in [0, 0.1) is 13.8 Å². The molecule has 0 saturated heterocycles. The molecule has 0 spiro atoms. The molecule has 0 atom stereocenters. The van der Waals surface area contributed by atoms with Crippen LogP contribution in [0.1, 0.15) is 11.1 Å². The largest absolute Gasteiger partial charge is 1.00 e. The average molecular weight is 192 g/mol. The number of hydrogen-bond acceptors (Lipinski definition) is 3. The van der Waals surface area contributed by atoms with Gasteiger partial charge in [0, 0.05) is 0 Å². The van der Waals surface area contributed by atoms with E-state index in [-0.39, 0.29) is 23.8 Å². The van der Waals surface area contributed by atoms with E-state index in [0.29, 0.717) is 5.56 Å². The fourth-order valence-electron chi connectivity index (χ4n) is 0.995. The second-order valence-electron chi connectivity index (χ2n) is 2.65. The van der Waals surface area contributed by atoms with E-state index in [2.05, 4.69) is 0 Å². The minimum absolute atomic E-state index is 0. The van der Waals surface area contributed by atoms with Crippen LogP contribution < -0.4 is 18.9 Å². The van der Waals surface area contributed by atoms with Gasteiger partial charge in [-0.05, 0) is 31.0 Å². The Bertz CT molecular complexity index is 398. The van der Waals surface area contributed by atoms with Crippen molar-refractivity contribution in [1.29, 1.82) is 0 Å². The molecule has 0 aliphatic heterocycles. The average Bonchev–Trinajstić information content (AvgIpc) is 1.92. The van der Waals surface area contributed by atoms with E-state index in [4.69, 9.17) is 0 Å². The summed E-state index contributed by atoms with van der Waals surface area (Å²) < 4.78 is 32.0. The van der Waals surface area contributed by atoms with Gasteiger partial charge in [0.05, 0.1) is 4.90 Å².